The molecule has 6 rings (SSSR count). The lowest BCUT2D eigenvalue weighted by atomic mass is 9.83. The Morgan fingerprint density at radius 1 is 0.700 bits per heavy atom. The molecule has 2 aliphatic heterocycles. The van der Waals surface area contributed by atoms with Crippen LogP contribution in [0.25, 0.3) is 0 Å². The molecular formula is C44H63N8O25P3. The quantitative estimate of drug-likeness (QED) is 0.0307. The first-order valence-electron chi connectivity index (χ1n) is 23.7. The largest absolute Gasteiger partial charge is 0.497 e. The lowest BCUT2D eigenvalue weighted by Crippen LogP contribution is -2.30. The van der Waals surface area contributed by atoms with Crippen molar-refractivity contribution in [1.82, 2.24) is 19.1 Å². The van der Waals surface area contributed by atoms with E-state index in [9.17, 15) is 68.6 Å². The molecule has 2 aromatic carbocycles. The van der Waals surface area contributed by atoms with Crippen LogP contribution in [0.2, 0.25) is 0 Å². The minimum Gasteiger partial charge on any atom is -0.497 e. The highest BCUT2D eigenvalue weighted by Crippen LogP contribution is 2.66. The predicted molar refractivity (Wildman–Crippen MR) is 275 cm³/mol. The van der Waals surface area contributed by atoms with Crippen molar-refractivity contribution in [1.29, 1.82) is 0 Å². The molecule has 2 unspecified atom stereocenters. The molecule has 0 aliphatic carbocycles. The third kappa shape index (κ3) is 17.2. The third-order valence-corrected chi connectivity index (χ3v) is 15.8. The van der Waals surface area contributed by atoms with Crippen molar-refractivity contribution in [3.05, 3.63) is 112 Å². The fourth-order valence-electron chi connectivity index (χ4n) is 8.27. The van der Waals surface area contributed by atoms with Gasteiger partial charge >= 0.3 is 34.8 Å². The van der Waals surface area contributed by atoms with E-state index in [1.807, 2.05) is 20.8 Å². The fraction of sp³-hybridized carbons (Fsp3) is 0.545. The second kappa shape index (κ2) is 26.1. The lowest BCUT2D eigenvalue weighted by molar-refractivity contribution is -0.386. The van der Waals surface area contributed by atoms with Gasteiger partial charge in [-0.15, -0.1) is 0 Å². The Labute approximate surface area is 454 Å². The monoisotopic (exact) mass is 1200 g/mol. The van der Waals surface area contributed by atoms with Crippen LogP contribution in [0.1, 0.15) is 101 Å². The Bertz CT molecular complexity index is 3150. The van der Waals surface area contributed by atoms with Crippen LogP contribution in [0.4, 0.5) is 23.0 Å². The number of aliphatic hydroxyl groups excluding tert-OH is 3. The molecule has 0 spiro atoms. The maximum atomic E-state index is 12.7. The molecule has 0 radical (unpaired) electrons. The summed E-state index contributed by atoms with van der Waals surface area (Å²) in [5.74, 6) is 0.527. The number of methoxy groups -OCH3 is 2. The number of hydrogen-bond acceptors (Lipinski definition) is 25. The summed E-state index contributed by atoms with van der Waals surface area (Å²) in [6.07, 6.45) is -5.80. The number of ether oxygens (including phenoxy) is 6. The summed E-state index contributed by atoms with van der Waals surface area (Å²) in [6.45, 7) is 9.27. The highest BCUT2D eigenvalue weighted by atomic mass is 31.3. The Balaban J connectivity index is 0.000000307. The number of phosphoric acid groups is 3. The molecule has 36 heteroatoms. The molecule has 2 saturated heterocycles. The molecule has 0 bridgehead atoms. The van der Waals surface area contributed by atoms with Crippen LogP contribution in [-0.4, -0.2) is 116 Å². The highest BCUT2D eigenvalue weighted by Gasteiger charge is 2.44. The molecule has 4 heterocycles. The molecule has 2 aromatic heterocycles. The Hall–Kier alpha value is -5.67. The number of nitro benzene ring substituents is 2. The molecule has 33 nitrogen and oxygen atoms in total. The van der Waals surface area contributed by atoms with Gasteiger partial charge in [-0.05, 0) is 35.1 Å². The van der Waals surface area contributed by atoms with Gasteiger partial charge < -0.3 is 74.8 Å². The molecular weight excluding hydrogens is 1130 g/mol. The van der Waals surface area contributed by atoms with Crippen LogP contribution in [0.15, 0.2) is 58.4 Å². The number of anilines is 2. The number of hydrogen-bond donors (Lipinski definition) is 9. The summed E-state index contributed by atoms with van der Waals surface area (Å²) >= 11 is 0. The van der Waals surface area contributed by atoms with Crippen molar-refractivity contribution in [3.8, 4) is 11.5 Å². The summed E-state index contributed by atoms with van der Waals surface area (Å²) in [6, 6.07) is 8.65. The number of nitrogens with two attached hydrogens (primary N) is 2. The number of benzene rings is 2. The van der Waals surface area contributed by atoms with E-state index in [0.29, 0.717) is 22.6 Å². The van der Waals surface area contributed by atoms with Gasteiger partial charge in [0.2, 0.25) is 0 Å². The lowest BCUT2D eigenvalue weighted by Gasteiger charge is -2.31. The van der Waals surface area contributed by atoms with Crippen molar-refractivity contribution in [2.45, 2.75) is 117 Å². The maximum Gasteiger partial charge on any atom is 0.490 e. The van der Waals surface area contributed by atoms with Gasteiger partial charge in [-0.1, -0.05) is 41.5 Å². The van der Waals surface area contributed by atoms with Crippen LogP contribution in [-0.2, 0) is 59.0 Å². The summed E-state index contributed by atoms with van der Waals surface area (Å²) in [5, 5.41) is 53.2. The highest BCUT2D eigenvalue weighted by molar-refractivity contribution is 7.66. The van der Waals surface area contributed by atoms with Gasteiger partial charge in [-0.2, -0.15) is 18.6 Å². The summed E-state index contributed by atoms with van der Waals surface area (Å²) in [7, 11) is -14.0. The van der Waals surface area contributed by atoms with Crippen molar-refractivity contribution in [2.75, 3.05) is 38.9 Å². The van der Waals surface area contributed by atoms with Crippen molar-refractivity contribution < 1.29 is 100 Å². The van der Waals surface area contributed by atoms with Crippen LogP contribution < -0.4 is 32.3 Å². The number of rotatable bonds is 22. The third-order valence-electron chi connectivity index (χ3n) is 12.0. The zero-order valence-electron chi connectivity index (χ0n) is 44.1. The number of aliphatic hydroxyl groups is 3. The standard InChI is InChI=1S/C22H33N4O17P3.C22H30N4O8/c1-22(2,3)19(14-7-13(38-4)5-6-15(14)26(29)30)39-10-12-9-25(21(28)24-20(12)23)18-8-16(27)17(41-18)11-40-45(34,35)43-46(36,37)42-44(31,32)33;1-22(2,3)19(14-7-13(32-4)5-6-15(14)26(30)31)33-11-12-9-25(21(29)24-20(12)23)18-8-16(28)17(10-27)34-18/h5-7,9,16-19,27H,8,10-11H2,1-4H3,(H,34,35)(H,36,37)(H2,23,24,28)(H2,31,32,33);5-7,9,16-19,27-28H,8,10-11H2,1-4H3,(H2,23,24,29)/t2*16-,17-,18-,19-/m11/s1. The van der Waals surface area contributed by atoms with E-state index in [0.717, 1.165) is 4.57 Å². The Morgan fingerprint density at radius 3 is 1.45 bits per heavy atom. The van der Waals surface area contributed by atoms with E-state index in [1.165, 1.54) is 61.5 Å². The van der Waals surface area contributed by atoms with Crippen LogP contribution >= 0.6 is 23.5 Å². The first-order chi connectivity index (χ1) is 37.0. The predicted octanol–water partition coefficient (Wildman–Crippen LogP) is 3.73. The van der Waals surface area contributed by atoms with Crippen molar-refractivity contribution in [2.24, 2.45) is 10.8 Å². The van der Waals surface area contributed by atoms with Gasteiger partial charge in [0.1, 0.15) is 47.8 Å². The number of nitro groups is 2. The van der Waals surface area contributed by atoms with Gasteiger partial charge in [0, 0.05) is 48.5 Å². The van der Waals surface area contributed by atoms with Gasteiger partial charge in [0.15, 0.2) is 0 Å². The SMILES string of the molecule is COc1ccc([N+](=O)[O-])c([C@@H](OCc2cn([C@H]3C[C@@H](O)[C@@H](CO)O3)c(=O)nc2N)C(C)(C)C)c1.COc1ccc([N+](=O)[O-])c([C@@H](OCc2cn([C@H]3C[C@@H](O)[C@@H](COP(=O)(O)OP(=O)(O)OP(=O)(O)O)O3)c(=O)nc2N)C(C)(C)C)c1. The smallest absolute Gasteiger partial charge is 0.490 e. The topological polar surface area (TPSA) is 484 Å². The molecule has 0 saturated carbocycles. The summed E-state index contributed by atoms with van der Waals surface area (Å²) in [4.78, 5) is 91.3. The van der Waals surface area contributed by atoms with Gasteiger partial charge in [0.25, 0.3) is 11.4 Å². The van der Waals surface area contributed by atoms with Gasteiger partial charge in [-0.3, -0.25) is 33.9 Å². The van der Waals surface area contributed by atoms with E-state index in [-0.39, 0.29) is 60.2 Å². The van der Waals surface area contributed by atoms with Gasteiger partial charge in [0.05, 0.1) is 86.0 Å². The number of nitrogen functional groups attached to an aromatic ring is 2. The van der Waals surface area contributed by atoms with Crippen LogP contribution in [0.5, 0.6) is 11.5 Å². The molecule has 10 atom stereocenters. The second-order valence-electron chi connectivity index (χ2n) is 20.1. The zero-order chi connectivity index (χ0) is 60.0. The first-order valence-corrected chi connectivity index (χ1v) is 28.2. The number of nitrogens with zero attached hydrogens (tertiary/aromatic N) is 6. The summed E-state index contributed by atoms with van der Waals surface area (Å²) < 4.78 is 82.1. The molecule has 4 aromatic rings. The summed E-state index contributed by atoms with van der Waals surface area (Å²) in [5.41, 5.74) is 9.86. The van der Waals surface area contributed by atoms with E-state index < -0.39 is 118 Å². The van der Waals surface area contributed by atoms with E-state index in [2.05, 4.69) is 23.1 Å². The molecule has 2 aliphatic rings. The van der Waals surface area contributed by atoms with Gasteiger partial charge in [-0.25, -0.2) is 23.3 Å². The van der Waals surface area contributed by atoms with Crippen molar-refractivity contribution in [3.63, 3.8) is 0 Å². The minimum absolute atomic E-state index is 0.0497. The van der Waals surface area contributed by atoms with E-state index in [4.69, 9.17) is 49.7 Å². The maximum absolute atomic E-state index is 12.7. The van der Waals surface area contributed by atoms with E-state index >= 15 is 0 Å². The molecule has 2 fully saturated rings. The Morgan fingerprint density at radius 2 is 1.10 bits per heavy atom. The number of phosphoric ester groups is 1. The minimum atomic E-state index is -5.77. The normalized spacial score (nSPS) is 21.8. The van der Waals surface area contributed by atoms with Crippen molar-refractivity contribution >= 4 is 46.5 Å². The van der Waals surface area contributed by atoms with Crippen LogP contribution in [0.3, 0.4) is 0 Å². The molecule has 80 heavy (non-hydrogen) atoms. The molecule has 0 amide bonds. The fourth-order valence-corrected chi connectivity index (χ4v) is 11.3. The average molecular weight is 1200 g/mol. The Kier molecular flexibility index (Phi) is 21.2. The average Bonchev–Trinajstić information content (AvgIpc) is 3.91. The zero-order valence-corrected chi connectivity index (χ0v) is 46.8. The molecule has 444 valence electrons. The number of aromatic nitrogens is 4. The van der Waals surface area contributed by atoms with Crippen LogP contribution in [0, 0.1) is 31.1 Å². The van der Waals surface area contributed by atoms with E-state index in [1.54, 1.807) is 26.8 Å². The molecule has 11 N–H and O–H groups in total. The first kappa shape index (κ1) is 65.1. The second-order valence-corrected chi connectivity index (χ2v) is 24.5.